The van der Waals surface area contributed by atoms with E-state index >= 15 is 0 Å². The van der Waals surface area contributed by atoms with Crippen molar-refractivity contribution in [2.24, 2.45) is 0 Å². The van der Waals surface area contributed by atoms with Crippen molar-refractivity contribution in [2.45, 2.75) is 5.92 Å². The molecule has 0 spiro atoms. The molecular weight excluding hydrogens is 387 g/mol. The smallest absolute Gasteiger partial charge is 0.0415 e. The first-order chi connectivity index (χ1) is 8.29. The summed E-state index contributed by atoms with van der Waals surface area (Å²) in [5.74, 6) is 0.391. The Labute approximate surface area is 123 Å². The summed E-state index contributed by atoms with van der Waals surface area (Å²) in [6.45, 7) is 0. The largest absolute Gasteiger partial charge is 0.0622 e. The number of hydrogen-bond donors (Lipinski definition) is 0. The number of fused-ring (bicyclic) bond motifs is 1. The fraction of sp³-hybridized carbons (Fsp3) is 0.0667. The Morgan fingerprint density at radius 1 is 0.882 bits per heavy atom. The monoisotopic (exact) mass is 396 g/mol. The van der Waals surface area contributed by atoms with E-state index in [9.17, 15) is 0 Å². The number of rotatable bonds is 1. The zero-order valence-electron chi connectivity index (χ0n) is 9.03. The lowest BCUT2D eigenvalue weighted by Crippen LogP contribution is -1.97. The quantitative estimate of drug-likeness (QED) is 0.571. The Kier molecular flexibility index (Phi) is 3.09. The third kappa shape index (κ3) is 1.87. The molecule has 0 saturated heterocycles. The number of allylic oxidation sites excluding steroid dienone is 1. The molecule has 1 aliphatic rings. The van der Waals surface area contributed by atoms with Crippen LogP contribution in [0.4, 0.5) is 0 Å². The lowest BCUT2D eigenvalue weighted by atomic mass is 9.93. The van der Waals surface area contributed by atoms with Gasteiger partial charge in [0.1, 0.15) is 0 Å². The Morgan fingerprint density at radius 2 is 1.53 bits per heavy atom. The maximum absolute atomic E-state index is 3.71. The highest BCUT2D eigenvalue weighted by molar-refractivity contribution is 14.1. The van der Waals surface area contributed by atoms with E-state index in [1.807, 2.05) is 0 Å². The first-order valence-corrected chi connectivity index (χ1v) is 7.35. The van der Waals surface area contributed by atoms with E-state index in [1.54, 1.807) is 0 Å². The van der Waals surface area contributed by atoms with E-state index in [-0.39, 0.29) is 0 Å². The van der Waals surface area contributed by atoms with Crippen LogP contribution < -0.4 is 0 Å². The first-order valence-electron chi connectivity index (χ1n) is 5.48. The molecule has 1 aliphatic carbocycles. The fourth-order valence-corrected chi connectivity index (χ4v) is 3.89. The SMILES string of the molecule is BrC1=C(I)C(c2ccccc2)c2ccccc21. The zero-order chi connectivity index (χ0) is 11.8. The zero-order valence-corrected chi connectivity index (χ0v) is 12.8. The van der Waals surface area contributed by atoms with Crippen molar-refractivity contribution in [3.05, 3.63) is 74.9 Å². The van der Waals surface area contributed by atoms with Crippen molar-refractivity contribution in [3.63, 3.8) is 0 Å². The molecule has 1 atom stereocenters. The maximum Gasteiger partial charge on any atom is 0.0415 e. The second-order valence-electron chi connectivity index (χ2n) is 4.09. The van der Waals surface area contributed by atoms with Crippen molar-refractivity contribution in [1.29, 1.82) is 0 Å². The first kappa shape index (κ1) is 11.5. The van der Waals surface area contributed by atoms with Crippen molar-refractivity contribution in [2.75, 3.05) is 0 Å². The highest BCUT2D eigenvalue weighted by Gasteiger charge is 2.29. The third-order valence-corrected chi connectivity index (χ3v) is 5.86. The minimum Gasteiger partial charge on any atom is -0.0622 e. The molecule has 17 heavy (non-hydrogen) atoms. The highest BCUT2D eigenvalue weighted by atomic mass is 127. The van der Waals surface area contributed by atoms with Crippen LogP contribution in [0, 0.1) is 0 Å². The van der Waals surface area contributed by atoms with Gasteiger partial charge in [-0.3, -0.25) is 0 Å². The topological polar surface area (TPSA) is 0 Å². The van der Waals surface area contributed by atoms with Gasteiger partial charge in [0.25, 0.3) is 0 Å². The van der Waals surface area contributed by atoms with Crippen LogP contribution in [0.15, 0.2) is 58.2 Å². The van der Waals surface area contributed by atoms with Gasteiger partial charge in [0, 0.05) is 14.0 Å². The minimum atomic E-state index is 0.391. The fourth-order valence-electron chi connectivity index (χ4n) is 2.31. The Bertz CT molecular complexity index is 587. The summed E-state index contributed by atoms with van der Waals surface area (Å²) in [5, 5.41) is 0. The molecule has 0 aliphatic heterocycles. The molecule has 0 N–H and O–H groups in total. The van der Waals surface area contributed by atoms with Gasteiger partial charge in [-0.05, 0) is 55.2 Å². The average molecular weight is 397 g/mol. The maximum atomic E-state index is 3.71. The van der Waals surface area contributed by atoms with E-state index in [0.717, 1.165) is 0 Å². The van der Waals surface area contributed by atoms with Crippen LogP contribution in [0.3, 0.4) is 0 Å². The summed E-state index contributed by atoms with van der Waals surface area (Å²) < 4.78 is 2.61. The van der Waals surface area contributed by atoms with Crippen molar-refractivity contribution in [3.8, 4) is 0 Å². The molecule has 0 aromatic heterocycles. The predicted octanol–water partition coefficient (Wildman–Crippen LogP) is 5.33. The summed E-state index contributed by atoms with van der Waals surface area (Å²) in [5.41, 5.74) is 4.08. The standard InChI is InChI=1S/C15H10BrI/c16-14-12-9-5-4-8-11(12)13(15(14)17)10-6-2-1-3-7-10/h1-9,13H. The molecule has 0 nitrogen and oxygen atoms in total. The average Bonchev–Trinajstić information content (AvgIpc) is 2.64. The van der Waals surface area contributed by atoms with E-state index in [0.29, 0.717) is 5.92 Å². The van der Waals surface area contributed by atoms with Gasteiger partial charge in [-0.2, -0.15) is 0 Å². The molecule has 3 rings (SSSR count). The summed E-state index contributed by atoms with van der Waals surface area (Å²) in [6, 6.07) is 19.3. The van der Waals surface area contributed by atoms with Crippen molar-refractivity contribution in [1.82, 2.24) is 0 Å². The molecule has 2 heteroatoms. The van der Waals surface area contributed by atoms with Gasteiger partial charge >= 0.3 is 0 Å². The minimum absolute atomic E-state index is 0.391. The van der Waals surface area contributed by atoms with Crippen LogP contribution in [0.1, 0.15) is 22.6 Å². The van der Waals surface area contributed by atoms with Crippen molar-refractivity contribution < 1.29 is 0 Å². The van der Waals surface area contributed by atoms with Gasteiger partial charge in [0.15, 0.2) is 0 Å². The highest BCUT2D eigenvalue weighted by Crippen LogP contribution is 2.50. The summed E-state index contributed by atoms with van der Waals surface area (Å²) in [4.78, 5) is 0. The van der Waals surface area contributed by atoms with Crippen LogP contribution in [0.25, 0.3) is 4.48 Å². The lowest BCUT2D eigenvalue weighted by Gasteiger charge is -2.13. The van der Waals surface area contributed by atoms with Gasteiger partial charge < -0.3 is 0 Å². The molecule has 2 aromatic rings. The molecule has 2 aromatic carbocycles. The Morgan fingerprint density at radius 3 is 2.29 bits per heavy atom. The van der Waals surface area contributed by atoms with Gasteiger partial charge in [-0.15, -0.1) is 0 Å². The van der Waals surface area contributed by atoms with Crippen LogP contribution in [0.2, 0.25) is 0 Å². The number of benzene rings is 2. The summed E-state index contributed by atoms with van der Waals surface area (Å²) in [6.07, 6.45) is 0. The second-order valence-corrected chi connectivity index (χ2v) is 6.05. The number of halogens is 2. The lowest BCUT2D eigenvalue weighted by molar-refractivity contribution is 1.04. The van der Waals surface area contributed by atoms with E-state index in [1.165, 1.54) is 24.8 Å². The van der Waals surface area contributed by atoms with Gasteiger partial charge in [0.2, 0.25) is 0 Å². The van der Waals surface area contributed by atoms with Gasteiger partial charge in [-0.25, -0.2) is 0 Å². The van der Waals surface area contributed by atoms with Gasteiger partial charge in [0.05, 0.1) is 0 Å². The van der Waals surface area contributed by atoms with Crippen LogP contribution in [-0.4, -0.2) is 0 Å². The van der Waals surface area contributed by atoms with Crippen LogP contribution >= 0.6 is 38.5 Å². The van der Waals surface area contributed by atoms with Crippen molar-refractivity contribution >= 4 is 43.0 Å². The summed E-state index contributed by atoms with van der Waals surface area (Å²) in [7, 11) is 0. The molecule has 0 heterocycles. The number of hydrogen-bond acceptors (Lipinski definition) is 0. The van der Waals surface area contributed by atoms with Crippen LogP contribution in [-0.2, 0) is 0 Å². The van der Waals surface area contributed by atoms with Gasteiger partial charge in [-0.1, -0.05) is 54.6 Å². The molecule has 0 radical (unpaired) electrons. The molecule has 1 unspecified atom stereocenters. The van der Waals surface area contributed by atoms with E-state index in [2.05, 4.69) is 93.1 Å². The predicted molar refractivity (Wildman–Crippen MR) is 84.6 cm³/mol. The second kappa shape index (κ2) is 4.58. The Hall–Kier alpha value is -0.610. The summed E-state index contributed by atoms with van der Waals surface area (Å²) >= 11 is 6.16. The molecular formula is C15H10BrI. The molecule has 0 bridgehead atoms. The third-order valence-electron chi connectivity index (χ3n) is 3.10. The normalized spacial score (nSPS) is 18.4. The van der Waals surface area contributed by atoms with E-state index < -0.39 is 0 Å². The van der Waals surface area contributed by atoms with Crippen LogP contribution in [0.5, 0.6) is 0 Å². The molecule has 0 fully saturated rings. The Balaban J connectivity index is 2.20. The molecule has 84 valence electrons. The molecule has 0 amide bonds. The van der Waals surface area contributed by atoms with E-state index in [4.69, 9.17) is 0 Å². The molecule has 0 saturated carbocycles.